The number of aliphatic hydroxyl groups is 4. The SMILES string of the molecule is CN(C)C1C(O)=C(C(N)=O)C(=O)[C@@]2(O)C(O)=C3C(=O)c4c(O)ccc(-c5cccc(CCCO)c5)c4C[C@H]3C[C@@H]12. The van der Waals surface area contributed by atoms with E-state index in [1.165, 1.54) is 11.0 Å². The van der Waals surface area contributed by atoms with Gasteiger partial charge < -0.3 is 31.3 Å². The Morgan fingerprint density at radius 2 is 1.85 bits per heavy atom. The van der Waals surface area contributed by atoms with Crippen LogP contribution in [-0.2, 0) is 22.4 Å². The summed E-state index contributed by atoms with van der Waals surface area (Å²) >= 11 is 0. The van der Waals surface area contributed by atoms with Gasteiger partial charge in [0.1, 0.15) is 22.8 Å². The first-order valence-corrected chi connectivity index (χ1v) is 13.1. The molecule has 10 heteroatoms. The lowest BCUT2D eigenvalue weighted by atomic mass is 9.58. The van der Waals surface area contributed by atoms with Crippen molar-refractivity contribution in [3.8, 4) is 16.9 Å². The molecule has 0 saturated heterocycles. The normalized spacial score (nSPS) is 26.1. The van der Waals surface area contributed by atoms with Gasteiger partial charge in [-0.2, -0.15) is 0 Å². The minimum absolute atomic E-state index is 0.0252. The van der Waals surface area contributed by atoms with Crippen LogP contribution < -0.4 is 5.73 Å². The standard InChI is InChI=1S/C30H32N2O8/c1-32(2)24-19-13-16-12-18-17(15-7-3-5-14(11-15)6-4-10-33)8-9-20(34)22(18)25(35)21(16)27(37)30(19,40)28(38)23(26(24)36)29(31)39/h3,5,7-9,11,16,19,24,33-34,36-37,40H,4,6,10,12-13H2,1-2H3,(H2,31,39)/t16-,19-,24?,30-/m0/s1. The number of Topliss-reactive ketones (excluding diaryl/α,β-unsaturated/α-hetero) is 2. The van der Waals surface area contributed by atoms with Gasteiger partial charge in [-0.05, 0) is 74.0 Å². The number of fused-ring (bicyclic) bond motifs is 3. The highest BCUT2D eigenvalue weighted by atomic mass is 16.3. The van der Waals surface area contributed by atoms with E-state index in [0.29, 0.717) is 24.0 Å². The number of phenolic OH excluding ortho intramolecular Hbond substituents is 1. The molecule has 210 valence electrons. The van der Waals surface area contributed by atoms with Crippen LogP contribution in [0.5, 0.6) is 5.75 Å². The molecule has 0 aromatic heterocycles. The maximum atomic E-state index is 13.9. The minimum atomic E-state index is -2.67. The van der Waals surface area contributed by atoms with E-state index in [1.807, 2.05) is 24.3 Å². The van der Waals surface area contributed by atoms with Gasteiger partial charge in [0.2, 0.25) is 5.78 Å². The van der Waals surface area contributed by atoms with Crippen molar-refractivity contribution in [2.45, 2.75) is 37.3 Å². The monoisotopic (exact) mass is 548 g/mol. The summed E-state index contributed by atoms with van der Waals surface area (Å²) in [7, 11) is 3.18. The van der Waals surface area contributed by atoms with Crippen LogP contribution in [0.1, 0.15) is 34.3 Å². The van der Waals surface area contributed by atoms with Crippen LogP contribution in [0.2, 0.25) is 0 Å². The van der Waals surface area contributed by atoms with E-state index in [0.717, 1.165) is 11.1 Å². The Morgan fingerprint density at radius 1 is 1.12 bits per heavy atom. The Balaban J connectivity index is 1.68. The number of likely N-dealkylation sites (N-methyl/N-ethyl adjacent to an activating group) is 1. The number of aromatic hydroxyl groups is 1. The molecule has 10 nitrogen and oxygen atoms in total. The van der Waals surface area contributed by atoms with Gasteiger partial charge in [0.05, 0.1) is 11.6 Å². The summed E-state index contributed by atoms with van der Waals surface area (Å²) in [6.45, 7) is 0.0588. The van der Waals surface area contributed by atoms with E-state index < -0.39 is 58.0 Å². The van der Waals surface area contributed by atoms with Crippen LogP contribution in [0.25, 0.3) is 11.1 Å². The summed E-state index contributed by atoms with van der Waals surface area (Å²) in [5.41, 5.74) is 4.75. The van der Waals surface area contributed by atoms with E-state index in [-0.39, 0.29) is 36.3 Å². The molecule has 1 unspecified atom stereocenters. The number of rotatable bonds is 6. The molecule has 5 rings (SSSR count). The van der Waals surface area contributed by atoms with Gasteiger partial charge in [0.15, 0.2) is 11.4 Å². The molecule has 7 N–H and O–H groups in total. The van der Waals surface area contributed by atoms with Gasteiger partial charge in [-0.15, -0.1) is 0 Å². The Bertz CT molecular complexity index is 1510. The van der Waals surface area contributed by atoms with Crippen LogP contribution >= 0.6 is 0 Å². The number of nitrogens with two attached hydrogens (primary N) is 1. The zero-order valence-electron chi connectivity index (χ0n) is 22.2. The van der Waals surface area contributed by atoms with E-state index in [2.05, 4.69) is 0 Å². The lowest BCUT2D eigenvalue weighted by Crippen LogP contribution is -2.63. The van der Waals surface area contributed by atoms with Crippen LogP contribution in [0.3, 0.4) is 0 Å². The van der Waals surface area contributed by atoms with Gasteiger partial charge in [-0.1, -0.05) is 30.3 Å². The summed E-state index contributed by atoms with van der Waals surface area (Å²) < 4.78 is 0. The van der Waals surface area contributed by atoms with E-state index in [4.69, 9.17) is 5.73 Å². The Hall–Kier alpha value is -3.99. The average molecular weight is 549 g/mol. The number of nitrogens with zero attached hydrogens (tertiary/aromatic N) is 1. The van der Waals surface area contributed by atoms with Crippen molar-refractivity contribution < 1.29 is 39.9 Å². The zero-order valence-corrected chi connectivity index (χ0v) is 22.2. The van der Waals surface area contributed by atoms with Gasteiger partial charge in [-0.3, -0.25) is 19.3 Å². The topological polar surface area (TPSA) is 182 Å². The Kier molecular flexibility index (Phi) is 6.81. The van der Waals surface area contributed by atoms with Gasteiger partial charge in [-0.25, -0.2) is 0 Å². The molecule has 3 aliphatic carbocycles. The summed E-state index contributed by atoms with van der Waals surface area (Å²) in [5.74, 6) is -6.77. The van der Waals surface area contributed by atoms with Crippen LogP contribution in [-0.4, -0.2) is 80.3 Å². The zero-order chi connectivity index (χ0) is 29.1. The second-order valence-corrected chi connectivity index (χ2v) is 11.0. The third-order valence-electron chi connectivity index (χ3n) is 8.47. The van der Waals surface area contributed by atoms with Crippen molar-refractivity contribution in [3.05, 3.63) is 75.8 Å². The molecule has 2 aromatic carbocycles. The number of hydrogen-bond acceptors (Lipinski definition) is 9. The van der Waals surface area contributed by atoms with Crippen molar-refractivity contribution >= 4 is 17.5 Å². The van der Waals surface area contributed by atoms with Crippen LogP contribution in [0.4, 0.5) is 0 Å². The molecule has 0 bridgehead atoms. The molecule has 3 aliphatic rings. The maximum absolute atomic E-state index is 13.9. The quantitative estimate of drug-likeness (QED) is 0.293. The number of allylic oxidation sites excluding steroid dienone is 1. The fourth-order valence-corrected chi connectivity index (χ4v) is 6.70. The molecule has 0 heterocycles. The van der Waals surface area contributed by atoms with Gasteiger partial charge in [0.25, 0.3) is 5.91 Å². The van der Waals surface area contributed by atoms with Crippen molar-refractivity contribution in [2.24, 2.45) is 17.6 Å². The number of ketones is 2. The van der Waals surface area contributed by atoms with Gasteiger partial charge in [0, 0.05) is 18.1 Å². The van der Waals surface area contributed by atoms with Crippen molar-refractivity contribution in [1.29, 1.82) is 0 Å². The number of phenols is 1. The smallest absolute Gasteiger partial charge is 0.255 e. The number of aryl methyl sites for hydroxylation is 1. The molecule has 0 fully saturated rings. The molecule has 0 aliphatic heterocycles. The molecule has 40 heavy (non-hydrogen) atoms. The Labute approximate surface area is 230 Å². The molecule has 4 atom stereocenters. The number of amides is 1. The van der Waals surface area contributed by atoms with Crippen molar-refractivity contribution in [2.75, 3.05) is 20.7 Å². The summed E-state index contributed by atoms with van der Waals surface area (Å²) in [6, 6.07) is 9.75. The van der Waals surface area contributed by atoms with Crippen molar-refractivity contribution in [1.82, 2.24) is 4.90 Å². The van der Waals surface area contributed by atoms with Crippen molar-refractivity contribution in [3.63, 3.8) is 0 Å². The second-order valence-electron chi connectivity index (χ2n) is 11.0. The van der Waals surface area contributed by atoms with Crippen LogP contribution in [0.15, 0.2) is 59.1 Å². The number of aliphatic hydroxyl groups excluding tert-OH is 3. The highest BCUT2D eigenvalue weighted by Crippen LogP contribution is 2.53. The van der Waals surface area contributed by atoms with Gasteiger partial charge >= 0.3 is 0 Å². The first-order chi connectivity index (χ1) is 18.9. The largest absolute Gasteiger partial charge is 0.510 e. The molecule has 2 aromatic rings. The maximum Gasteiger partial charge on any atom is 0.255 e. The summed E-state index contributed by atoms with van der Waals surface area (Å²) in [5, 5.41) is 54.0. The summed E-state index contributed by atoms with van der Waals surface area (Å²) in [6.07, 6.45) is 1.49. The van der Waals surface area contributed by atoms with Crippen LogP contribution in [0, 0.1) is 11.8 Å². The fourth-order valence-electron chi connectivity index (χ4n) is 6.70. The number of carbonyl (C=O) groups excluding carboxylic acids is 3. The predicted molar refractivity (Wildman–Crippen MR) is 145 cm³/mol. The number of hydrogen-bond donors (Lipinski definition) is 6. The number of primary amides is 1. The fraction of sp³-hybridized carbons (Fsp3) is 0.367. The molecular weight excluding hydrogens is 516 g/mol. The first kappa shape index (κ1) is 27.6. The average Bonchev–Trinajstić information content (AvgIpc) is 2.89. The van der Waals surface area contributed by atoms with E-state index >= 15 is 0 Å². The first-order valence-electron chi connectivity index (χ1n) is 13.1. The van der Waals surface area contributed by atoms with E-state index in [9.17, 15) is 39.9 Å². The number of benzene rings is 2. The highest BCUT2D eigenvalue weighted by molar-refractivity contribution is 6.24. The molecular formula is C30H32N2O8. The molecule has 1 amide bonds. The Morgan fingerprint density at radius 3 is 2.50 bits per heavy atom. The minimum Gasteiger partial charge on any atom is -0.510 e. The lowest BCUT2D eigenvalue weighted by Gasteiger charge is -2.50. The second kappa shape index (κ2) is 9.88. The number of carbonyl (C=O) groups is 3. The molecule has 0 spiro atoms. The third kappa shape index (κ3) is 3.94. The molecule has 0 saturated carbocycles. The molecule has 0 radical (unpaired) electrons. The lowest BCUT2D eigenvalue weighted by molar-refractivity contribution is -0.148. The highest BCUT2D eigenvalue weighted by Gasteiger charge is 2.63. The third-order valence-corrected chi connectivity index (χ3v) is 8.47. The summed E-state index contributed by atoms with van der Waals surface area (Å²) in [4.78, 5) is 40.9. The van der Waals surface area contributed by atoms with E-state index in [1.54, 1.807) is 20.2 Å². The predicted octanol–water partition coefficient (Wildman–Crippen LogP) is 1.71.